The Hall–Kier alpha value is -3.23. The van der Waals surface area contributed by atoms with Crippen molar-refractivity contribution >= 4 is 23.5 Å². The molecule has 28 heavy (non-hydrogen) atoms. The molecule has 1 aromatic carbocycles. The number of carbonyl (C=O) groups excluding carboxylic acids is 3. The van der Waals surface area contributed by atoms with Crippen LogP contribution in [0.2, 0.25) is 0 Å². The molecule has 0 spiro atoms. The fraction of sp³-hybridized carbons (Fsp3) is 0.368. The lowest BCUT2D eigenvalue weighted by atomic mass is 9.96. The molecule has 148 valence electrons. The number of likely N-dealkylation sites (tertiary alicyclic amines) is 1. The molecule has 0 saturated carbocycles. The van der Waals surface area contributed by atoms with E-state index in [-0.39, 0.29) is 29.8 Å². The van der Waals surface area contributed by atoms with Gasteiger partial charge in [0.1, 0.15) is 11.6 Å². The fourth-order valence-corrected chi connectivity index (χ4v) is 3.04. The maximum atomic E-state index is 13.2. The van der Waals surface area contributed by atoms with Crippen molar-refractivity contribution in [3.05, 3.63) is 47.5 Å². The standard InChI is InChI=1S/C19H21FN4O4/c1-12-9-16(23-28-12)22-19(27)13-5-7-24(8-6-13)17(25)11-21-18(26)14-3-2-4-15(20)10-14/h2-4,9-10,13H,5-8,11H2,1H3,(H,21,26)(H,22,23,27). The van der Waals surface area contributed by atoms with Gasteiger partial charge in [0.25, 0.3) is 5.91 Å². The Morgan fingerprint density at radius 1 is 1.25 bits per heavy atom. The van der Waals surface area contributed by atoms with Crippen molar-refractivity contribution in [2.24, 2.45) is 5.92 Å². The van der Waals surface area contributed by atoms with Gasteiger partial charge in [0.05, 0.1) is 6.54 Å². The minimum Gasteiger partial charge on any atom is -0.360 e. The highest BCUT2D eigenvalue weighted by Crippen LogP contribution is 2.19. The number of nitrogens with zero attached hydrogens (tertiary/aromatic N) is 2. The Labute approximate surface area is 161 Å². The molecule has 1 aliphatic rings. The third-order valence-corrected chi connectivity index (χ3v) is 4.58. The zero-order chi connectivity index (χ0) is 20.1. The number of carbonyl (C=O) groups is 3. The van der Waals surface area contributed by atoms with Crippen molar-refractivity contribution in [1.29, 1.82) is 0 Å². The molecule has 0 radical (unpaired) electrons. The van der Waals surface area contributed by atoms with Gasteiger partial charge in [-0.15, -0.1) is 0 Å². The number of hydrogen-bond donors (Lipinski definition) is 2. The topological polar surface area (TPSA) is 105 Å². The normalized spacial score (nSPS) is 14.6. The summed E-state index contributed by atoms with van der Waals surface area (Å²) >= 11 is 0. The molecule has 9 heteroatoms. The Morgan fingerprint density at radius 2 is 2.00 bits per heavy atom. The largest absolute Gasteiger partial charge is 0.360 e. The maximum Gasteiger partial charge on any atom is 0.251 e. The Kier molecular flexibility index (Phi) is 6.03. The van der Waals surface area contributed by atoms with Crippen LogP contribution in [0.5, 0.6) is 0 Å². The predicted molar refractivity (Wildman–Crippen MR) is 97.9 cm³/mol. The van der Waals surface area contributed by atoms with E-state index in [9.17, 15) is 18.8 Å². The van der Waals surface area contributed by atoms with Crippen molar-refractivity contribution in [2.45, 2.75) is 19.8 Å². The number of aryl methyl sites for hydroxylation is 1. The summed E-state index contributed by atoms with van der Waals surface area (Å²) in [7, 11) is 0. The van der Waals surface area contributed by atoms with E-state index in [1.165, 1.54) is 18.2 Å². The average Bonchev–Trinajstić information content (AvgIpc) is 3.10. The third-order valence-electron chi connectivity index (χ3n) is 4.58. The van der Waals surface area contributed by atoms with E-state index in [1.54, 1.807) is 17.9 Å². The van der Waals surface area contributed by atoms with Gasteiger partial charge in [-0.25, -0.2) is 4.39 Å². The molecule has 3 rings (SSSR count). The van der Waals surface area contributed by atoms with Crippen LogP contribution in [0.15, 0.2) is 34.9 Å². The van der Waals surface area contributed by atoms with Gasteiger partial charge < -0.3 is 20.1 Å². The highest BCUT2D eigenvalue weighted by Gasteiger charge is 2.28. The summed E-state index contributed by atoms with van der Waals surface area (Å²) in [6, 6.07) is 6.90. The number of piperidine rings is 1. The number of rotatable bonds is 5. The lowest BCUT2D eigenvalue weighted by Crippen LogP contribution is -2.45. The van der Waals surface area contributed by atoms with Crippen molar-refractivity contribution in [1.82, 2.24) is 15.4 Å². The van der Waals surface area contributed by atoms with Gasteiger partial charge >= 0.3 is 0 Å². The first-order chi connectivity index (χ1) is 13.4. The van der Waals surface area contributed by atoms with Crippen LogP contribution in [0.3, 0.4) is 0 Å². The van der Waals surface area contributed by atoms with Gasteiger partial charge in [0.2, 0.25) is 11.8 Å². The quantitative estimate of drug-likeness (QED) is 0.812. The minimum atomic E-state index is -0.514. The third kappa shape index (κ3) is 4.93. The lowest BCUT2D eigenvalue weighted by molar-refractivity contribution is -0.133. The maximum absolute atomic E-state index is 13.2. The van der Waals surface area contributed by atoms with Crippen LogP contribution in [0, 0.1) is 18.7 Å². The van der Waals surface area contributed by atoms with Crippen LogP contribution in [0.25, 0.3) is 0 Å². The number of nitrogens with one attached hydrogen (secondary N) is 2. The Balaban J connectivity index is 1.43. The van der Waals surface area contributed by atoms with Crippen molar-refractivity contribution < 1.29 is 23.3 Å². The first kappa shape index (κ1) is 19.5. The smallest absolute Gasteiger partial charge is 0.251 e. The number of aromatic nitrogens is 1. The SMILES string of the molecule is Cc1cc(NC(=O)C2CCN(C(=O)CNC(=O)c3cccc(F)c3)CC2)no1. The molecule has 2 heterocycles. The Morgan fingerprint density at radius 3 is 2.64 bits per heavy atom. The molecule has 0 bridgehead atoms. The van der Waals surface area contributed by atoms with Gasteiger partial charge in [-0.05, 0) is 38.0 Å². The molecule has 0 aliphatic carbocycles. The molecular formula is C19H21FN4O4. The number of amides is 3. The van der Waals surface area contributed by atoms with Gasteiger partial charge in [0, 0.05) is 30.6 Å². The first-order valence-electron chi connectivity index (χ1n) is 8.98. The zero-order valence-electron chi connectivity index (χ0n) is 15.4. The van der Waals surface area contributed by atoms with Crippen molar-refractivity contribution in [2.75, 3.05) is 25.0 Å². The van der Waals surface area contributed by atoms with Crippen LogP contribution in [0.1, 0.15) is 29.0 Å². The van der Waals surface area contributed by atoms with Crippen molar-refractivity contribution in [3.63, 3.8) is 0 Å². The summed E-state index contributed by atoms with van der Waals surface area (Å²) in [6.45, 7) is 2.40. The summed E-state index contributed by atoms with van der Waals surface area (Å²) in [5.41, 5.74) is 0.159. The van der Waals surface area contributed by atoms with E-state index >= 15 is 0 Å². The molecule has 1 fully saturated rings. The van der Waals surface area contributed by atoms with E-state index in [4.69, 9.17) is 4.52 Å². The molecule has 3 amide bonds. The van der Waals surface area contributed by atoms with E-state index in [1.807, 2.05) is 0 Å². The first-order valence-corrected chi connectivity index (χ1v) is 8.98. The number of anilines is 1. The number of halogens is 1. The summed E-state index contributed by atoms with van der Waals surface area (Å²) in [5.74, 6) is -0.652. The lowest BCUT2D eigenvalue weighted by Gasteiger charge is -2.31. The second-order valence-corrected chi connectivity index (χ2v) is 6.66. The molecule has 1 aromatic heterocycles. The molecule has 2 aromatic rings. The van der Waals surface area contributed by atoms with Crippen LogP contribution >= 0.6 is 0 Å². The molecule has 8 nitrogen and oxygen atoms in total. The van der Waals surface area contributed by atoms with E-state index in [2.05, 4.69) is 15.8 Å². The van der Waals surface area contributed by atoms with Crippen LogP contribution < -0.4 is 10.6 Å². The van der Waals surface area contributed by atoms with E-state index in [0.29, 0.717) is 37.5 Å². The second kappa shape index (κ2) is 8.64. The molecule has 0 atom stereocenters. The summed E-state index contributed by atoms with van der Waals surface area (Å²) in [4.78, 5) is 38.1. The van der Waals surface area contributed by atoms with Crippen LogP contribution in [0.4, 0.5) is 10.2 Å². The monoisotopic (exact) mass is 388 g/mol. The van der Waals surface area contributed by atoms with E-state index in [0.717, 1.165) is 6.07 Å². The zero-order valence-corrected chi connectivity index (χ0v) is 15.4. The number of hydrogen-bond acceptors (Lipinski definition) is 5. The molecule has 0 unspecified atom stereocenters. The van der Waals surface area contributed by atoms with Gasteiger partial charge in [-0.2, -0.15) is 0 Å². The van der Waals surface area contributed by atoms with E-state index < -0.39 is 11.7 Å². The molecule has 1 aliphatic heterocycles. The number of benzene rings is 1. The summed E-state index contributed by atoms with van der Waals surface area (Å²) in [6.07, 6.45) is 1.04. The molecule has 1 saturated heterocycles. The predicted octanol–water partition coefficient (Wildman–Crippen LogP) is 1.73. The highest BCUT2D eigenvalue weighted by atomic mass is 19.1. The average molecular weight is 388 g/mol. The highest BCUT2D eigenvalue weighted by molar-refractivity contribution is 5.96. The van der Waals surface area contributed by atoms with Gasteiger partial charge in [0.15, 0.2) is 5.82 Å². The minimum absolute atomic E-state index is 0.153. The van der Waals surface area contributed by atoms with Gasteiger partial charge in [-0.3, -0.25) is 14.4 Å². The van der Waals surface area contributed by atoms with Crippen molar-refractivity contribution in [3.8, 4) is 0 Å². The fourth-order valence-electron chi connectivity index (χ4n) is 3.04. The van der Waals surface area contributed by atoms with Gasteiger partial charge in [-0.1, -0.05) is 11.2 Å². The summed E-state index contributed by atoms with van der Waals surface area (Å²) in [5, 5.41) is 8.93. The molecular weight excluding hydrogens is 367 g/mol. The van der Waals surface area contributed by atoms with Crippen LogP contribution in [-0.4, -0.2) is 47.4 Å². The molecule has 2 N–H and O–H groups in total. The van der Waals surface area contributed by atoms with Crippen LogP contribution in [-0.2, 0) is 9.59 Å². The summed E-state index contributed by atoms with van der Waals surface area (Å²) < 4.78 is 18.1. The second-order valence-electron chi connectivity index (χ2n) is 6.66. The Bertz CT molecular complexity index is 874.